The summed E-state index contributed by atoms with van der Waals surface area (Å²) in [6.07, 6.45) is 1.48. The van der Waals surface area contributed by atoms with E-state index in [0.29, 0.717) is 20.9 Å². The molecule has 0 N–H and O–H groups in total. The lowest BCUT2D eigenvalue weighted by Gasteiger charge is -2.11. The molecule has 0 aliphatic heterocycles. The Morgan fingerprint density at radius 2 is 2.00 bits per heavy atom. The van der Waals surface area contributed by atoms with Crippen LogP contribution in [0, 0.1) is 0 Å². The standard InChI is InChI=1S/C13H7NO3S/c1-6(15)9-5-8-11(16)7-3-2-4-14-10(7)12(17)13(8)18-9/h2-5H,1H3. The summed E-state index contributed by atoms with van der Waals surface area (Å²) >= 11 is 1.06. The van der Waals surface area contributed by atoms with Crippen molar-refractivity contribution in [1.29, 1.82) is 0 Å². The van der Waals surface area contributed by atoms with E-state index in [-0.39, 0.29) is 23.0 Å². The van der Waals surface area contributed by atoms with Gasteiger partial charge in [0.2, 0.25) is 5.78 Å². The fraction of sp³-hybridized carbons (Fsp3) is 0.0769. The van der Waals surface area contributed by atoms with Crippen molar-refractivity contribution in [2.75, 3.05) is 0 Å². The Labute approximate surface area is 106 Å². The second kappa shape index (κ2) is 3.68. The molecule has 5 heteroatoms. The monoisotopic (exact) mass is 257 g/mol. The van der Waals surface area contributed by atoms with Crippen molar-refractivity contribution in [1.82, 2.24) is 4.98 Å². The predicted octanol–water partition coefficient (Wildman–Crippen LogP) is 2.12. The predicted molar refractivity (Wildman–Crippen MR) is 65.4 cm³/mol. The zero-order chi connectivity index (χ0) is 12.9. The largest absolute Gasteiger partial charge is 0.294 e. The Kier molecular flexibility index (Phi) is 2.24. The van der Waals surface area contributed by atoms with Gasteiger partial charge in [-0.3, -0.25) is 19.4 Å². The Bertz CT molecular complexity index is 662. The molecule has 0 atom stereocenters. The van der Waals surface area contributed by atoms with Gasteiger partial charge in [-0.25, -0.2) is 0 Å². The molecule has 0 unspecified atom stereocenters. The molecular weight excluding hydrogens is 250 g/mol. The quantitative estimate of drug-likeness (QED) is 0.626. The van der Waals surface area contributed by atoms with Crippen LogP contribution < -0.4 is 0 Å². The second-order valence-corrected chi connectivity index (χ2v) is 5.02. The molecule has 0 saturated heterocycles. The van der Waals surface area contributed by atoms with Crippen LogP contribution in [-0.2, 0) is 0 Å². The van der Waals surface area contributed by atoms with Crippen molar-refractivity contribution in [2.24, 2.45) is 0 Å². The highest BCUT2D eigenvalue weighted by Gasteiger charge is 2.33. The first-order chi connectivity index (χ1) is 8.59. The molecule has 4 nitrogen and oxygen atoms in total. The molecule has 0 amide bonds. The zero-order valence-corrected chi connectivity index (χ0v) is 10.2. The topological polar surface area (TPSA) is 64.1 Å². The van der Waals surface area contributed by atoms with E-state index in [2.05, 4.69) is 4.98 Å². The number of nitrogens with zero attached hydrogens (tertiary/aromatic N) is 1. The van der Waals surface area contributed by atoms with E-state index >= 15 is 0 Å². The van der Waals surface area contributed by atoms with Crippen molar-refractivity contribution in [3.8, 4) is 0 Å². The molecule has 0 radical (unpaired) electrons. The van der Waals surface area contributed by atoms with Gasteiger partial charge in [-0.2, -0.15) is 0 Å². The van der Waals surface area contributed by atoms with Crippen LogP contribution in [0.2, 0.25) is 0 Å². The number of carbonyl (C=O) groups is 3. The molecule has 2 heterocycles. The summed E-state index contributed by atoms with van der Waals surface area (Å²) in [6, 6.07) is 4.70. The van der Waals surface area contributed by atoms with Crippen LogP contribution in [0.4, 0.5) is 0 Å². The van der Waals surface area contributed by atoms with Crippen molar-refractivity contribution >= 4 is 28.7 Å². The Morgan fingerprint density at radius 1 is 1.22 bits per heavy atom. The van der Waals surface area contributed by atoms with Crippen LogP contribution in [0.1, 0.15) is 47.9 Å². The normalized spacial score (nSPS) is 13.2. The van der Waals surface area contributed by atoms with E-state index in [1.807, 2.05) is 0 Å². The SMILES string of the molecule is CC(=O)c1cc2c(s1)C(=O)c1ncccc1C2=O. The van der Waals surface area contributed by atoms with Gasteiger partial charge in [0.1, 0.15) is 5.69 Å². The average Bonchev–Trinajstić information content (AvgIpc) is 2.81. The molecule has 3 rings (SSSR count). The molecule has 0 saturated carbocycles. The number of hydrogen-bond acceptors (Lipinski definition) is 5. The first-order valence-electron chi connectivity index (χ1n) is 5.29. The Morgan fingerprint density at radius 3 is 2.72 bits per heavy atom. The van der Waals surface area contributed by atoms with Crippen LogP contribution >= 0.6 is 11.3 Å². The Balaban J connectivity index is 2.27. The van der Waals surface area contributed by atoms with Gasteiger partial charge in [0.25, 0.3) is 0 Å². The zero-order valence-electron chi connectivity index (χ0n) is 9.39. The lowest BCUT2D eigenvalue weighted by atomic mass is 9.93. The summed E-state index contributed by atoms with van der Waals surface area (Å²) in [5.41, 5.74) is 0.797. The molecule has 18 heavy (non-hydrogen) atoms. The minimum Gasteiger partial charge on any atom is -0.294 e. The minimum absolute atomic E-state index is 0.146. The maximum atomic E-state index is 12.2. The number of carbonyl (C=O) groups excluding carboxylic acids is 3. The van der Waals surface area contributed by atoms with Gasteiger partial charge in [-0.05, 0) is 25.1 Å². The van der Waals surface area contributed by atoms with Crippen LogP contribution in [0.3, 0.4) is 0 Å². The molecule has 2 aromatic rings. The van der Waals surface area contributed by atoms with Gasteiger partial charge in [0, 0.05) is 11.8 Å². The highest BCUT2D eigenvalue weighted by Crippen LogP contribution is 2.32. The lowest BCUT2D eigenvalue weighted by molar-refractivity contribution is 0.0978. The van der Waals surface area contributed by atoms with Crippen molar-refractivity contribution in [3.05, 3.63) is 51.0 Å². The molecular formula is C13H7NO3S. The smallest absolute Gasteiger partial charge is 0.222 e. The van der Waals surface area contributed by atoms with Gasteiger partial charge < -0.3 is 0 Å². The Hall–Kier alpha value is -2.14. The number of hydrogen-bond donors (Lipinski definition) is 0. The van der Waals surface area contributed by atoms with Gasteiger partial charge in [0.05, 0.1) is 15.3 Å². The van der Waals surface area contributed by atoms with Gasteiger partial charge in [0.15, 0.2) is 11.6 Å². The summed E-state index contributed by atoms with van der Waals surface area (Å²) in [6.45, 7) is 1.41. The molecule has 2 aromatic heterocycles. The number of pyridine rings is 1. The van der Waals surface area contributed by atoms with E-state index in [1.165, 1.54) is 19.2 Å². The van der Waals surface area contributed by atoms with E-state index in [9.17, 15) is 14.4 Å². The molecule has 1 aliphatic carbocycles. The summed E-state index contributed by atoms with van der Waals surface area (Å²) in [5.74, 6) is -0.666. The van der Waals surface area contributed by atoms with Gasteiger partial charge in [-0.15, -0.1) is 11.3 Å². The van der Waals surface area contributed by atoms with E-state index in [0.717, 1.165) is 11.3 Å². The average molecular weight is 257 g/mol. The number of Topliss-reactive ketones (excluding diaryl/α,β-unsaturated/α-hetero) is 1. The molecule has 0 bridgehead atoms. The maximum absolute atomic E-state index is 12.2. The summed E-state index contributed by atoms with van der Waals surface area (Å²) in [4.78, 5) is 40.4. The highest BCUT2D eigenvalue weighted by molar-refractivity contribution is 7.16. The summed E-state index contributed by atoms with van der Waals surface area (Å²) < 4.78 is 0. The second-order valence-electron chi connectivity index (χ2n) is 3.97. The maximum Gasteiger partial charge on any atom is 0.222 e. The number of rotatable bonds is 1. The molecule has 0 fully saturated rings. The first kappa shape index (κ1) is 11.0. The minimum atomic E-state index is -0.280. The van der Waals surface area contributed by atoms with E-state index < -0.39 is 0 Å². The summed E-state index contributed by atoms with van der Waals surface area (Å²) in [7, 11) is 0. The molecule has 0 spiro atoms. The highest BCUT2D eigenvalue weighted by atomic mass is 32.1. The summed E-state index contributed by atoms with van der Waals surface area (Å²) in [5, 5.41) is 0. The van der Waals surface area contributed by atoms with Crippen LogP contribution in [0.25, 0.3) is 0 Å². The van der Waals surface area contributed by atoms with Crippen molar-refractivity contribution < 1.29 is 14.4 Å². The van der Waals surface area contributed by atoms with Gasteiger partial charge >= 0.3 is 0 Å². The third kappa shape index (κ3) is 1.37. The fourth-order valence-electron chi connectivity index (χ4n) is 1.92. The first-order valence-corrected chi connectivity index (χ1v) is 6.10. The third-order valence-electron chi connectivity index (χ3n) is 2.80. The number of fused-ring (bicyclic) bond motifs is 2. The van der Waals surface area contributed by atoms with E-state index in [1.54, 1.807) is 12.1 Å². The number of ketones is 3. The van der Waals surface area contributed by atoms with Gasteiger partial charge in [-0.1, -0.05) is 0 Å². The molecule has 88 valence electrons. The van der Waals surface area contributed by atoms with Crippen molar-refractivity contribution in [2.45, 2.75) is 6.92 Å². The number of thiophene rings is 1. The van der Waals surface area contributed by atoms with Crippen LogP contribution in [0.15, 0.2) is 24.4 Å². The third-order valence-corrected chi connectivity index (χ3v) is 4.03. The number of aromatic nitrogens is 1. The fourth-order valence-corrected chi connectivity index (χ4v) is 2.92. The van der Waals surface area contributed by atoms with Crippen molar-refractivity contribution in [3.63, 3.8) is 0 Å². The van der Waals surface area contributed by atoms with Crippen LogP contribution in [-0.4, -0.2) is 22.3 Å². The lowest BCUT2D eigenvalue weighted by Crippen LogP contribution is -2.19. The molecule has 0 aromatic carbocycles. The van der Waals surface area contributed by atoms with E-state index in [4.69, 9.17) is 0 Å². The van der Waals surface area contributed by atoms with Crippen LogP contribution in [0.5, 0.6) is 0 Å². The molecule has 1 aliphatic rings.